The highest BCUT2D eigenvalue weighted by Crippen LogP contribution is 2.12. The molecule has 0 radical (unpaired) electrons. The molecule has 0 fully saturated rings. The van der Waals surface area contributed by atoms with E-state index in [9.17, 15) is 4.79 Å². The number of ether oxygens (including phenoxy) is 1. The zero-order valence-electron chi connectivity index (χ0n) is 10.9. The van der Waals surface area contributed by atoms with E-state index in [0.29, 0.717) is 6.61 Å². The lowest BCUT2D eigenvalue weighted by Crippen LogP contribution is -2.34. The number of carbonyl (C=O) groups excluding carboxylic acids is 1. The summed E-state index contributed by atoms with van der Waals surface area (Å²) in [6.07, 6.45) is 2.11. The second-order valence-corrected chi connectivity index (χ2v) is 12.6. The molecule has 0 aromatic carbocycles. The van der Waals surface area contributed by atoms with Gasteiger partial charge in [0, 0.05) is 6.08 Å². The van der Waals surface area contributed by atoms with Gasteiger partial charge in [-0.2, -0.15) is 0 Å². The molecule has 0 rings (SSSR count). The monoisotopic (exact) mass is 260 g/mol. The molecule has 0 aliphatic carbocycles. The summed E-state index contributed by atoms with van der Waals surface area (Å²) >= 11 is 0. The van der Waals surface area contributed by atoms with Crippen molar-refractivity contribution < 1.29 is 13.6 Å². The lowest BCUT2D eigenvalue weighted by molar-refractivity contribution is -0.137. The van der Waals surface area contributed by atoms with Gasteiger partial charge in [-0.1, -0.05) is 13.5 Å². The third-order valence-corrected chi connectivity index (χ3v) is 8.18. The molecule has 0 spiro atoms. The smallest absolute Gasteiger partial charge is 0.330 e. The normalized spacial score (nSPS) is 13.2. The summed E-state index contributed by atoms with van der Waals surface area (Å²) < 4.78 is 11.1. The molecule has 0 amide bonds. The molecule has 0 bridgehead atoms. The summed E-state index contributed by atoms with van der Waals surface area (Å²) in [5, 5.41) is 0. The molecule has 16 heavy (non-hydrogen) atoms. The molecule has 0 aromatic heterocycles. The molecular formula is C11H24O3Si2. The number of rotatable bonds is 8. The molecule has 0 saturated heterocycles. The largest absolute Gasteiger partial charge is 0.463 e. The van der Waals surface area contributed by atoms with E-state index in [4.69, 9.17) is 8.85 Å². The van der Waals surface area contributed by atoms with E-state index >= 15 is 0 Å². The first kappa shape index (κ1) is 15.6. The maximum atomic E-state index is 10.8. The second-order valence-electron chi connectivity index (χ2n) is 4.77. The number of esters is 1. The fourth-order valence-corrected chi connectivity index (χ4v) is 7.56. The van der Waals surface area contributed by atoms with Gasteiger partial charge in [-0.25, -0.2) is 4.79 Å². The van der Waals surface area contributed by atoms with E-state index in [1.54, 1.807) is 0 Å². The molecule has 0 aliphatic heterocycles. The van der Waals surface area contributed by atoms with E-state index in [0.717, 1.165) is 18.5 Å². The summed E-state index contributed by atoms with van der Waals surface area (Å²) in [7, 11) is -2.46. The van der Waals surface area contributed by atoms with Gasteiger partial charge in [0.15, 0.2) is 17.4 Å². The zero-order valence-corrected chi connectivity index (χ0v) is 13.1. The number of hydrogen-bond donors (Lipinski definition) is 0. The van der Waals surface area contributed by atoms with Crippen molar-refractivity contribution in [1.29, 1.82) is 0 Å². The average Bonchev–Trinajstić information content (AvgIpc) is 2.20. The Labute approximate surface area is 102 Å². The van der Waals surface area contributed by atoms with Crippen LogP contribution in [0.1, 0.15) is 13.3 Å². The van der Waals surface area contributed by atoms with Crippen molar-refractivity contribution in [3.8, 4) is 0 Å². The third kappa shape index (κ3) is 8.88. The SMILES string of the molecule is C=CC(=O)OCCC[SiH](CC)O[Si](C)(C)C. The van der Waals surface area contributed by atoms with Crippen molar-refractivity contribution in [1.82, 2.24) is 0 Å². The Hall–Kier alpha value is -0.396. The molecule has 5 heteroatoms. The van der Waals surface area contributed by atoms with Gasteiger partial charge in [0.1, 0.15) is 0 Å². The Balaban J connectivity index is 3.71. The molecule has 0 N–H and O–H groups in total. The first-order chi connectivity index (χ1) is 7.39. The molecule has 1 unspecified atom stereocenters. The molecular weight excluding hydrogens is 236 g/mol. The van der Waals surface area contributed by atoms with Crippen LogP contribution in [-0.4, -0.2) is 29.9 Å². The lowest BCUT2D eigenvalue weighted by atomic mass is 10.5. The Morgan fingerprint density at radius 3 is 2.50 bits per heavy atom. The minimum atomic E-state index is -1.39. The maximum Gasteiger partial charge on any atom is 0.330 e. The highest BCUT2D eigenvalue weighted by Gasteiger charge is 2.20. The summed E-state index contributed by atoms with van der Waals surface area (Å²) in [5.41, 5.74) is 0. The van der Waals surface area contributed by atoms with E-state index in [1.165, 1.54) is 6.08 Å². The van der Waals surface area contributed by atoms with Crippen LogP contribution >= 0.6 is 0 Å². The Morgan fingerprint density at radius 1 is 1.44 bits per heavy atom. The van der Waals surface area contributed by atoms with Crippen molar-refractivity contribution in [3.05, 3.63) is 12.7 Å². The zero-order chi connectivity index (χ0) is 12.6. The minimum absolute atomic E-state index is 0.333. The fraction of sp³-hybridized carbons (Fsp3) is 0.727. The van der Waals surface area contributed by atoms with Crippen LogP contribution in [-0.2, 0) is 13.6 Å². The van der Waals surface area contributed by atoms with Crippen molar-refractivity contribution in [3.63, 3.8) is 0 Å². The van der Waals surface area contributed by atoms with E-state index in [2.05, 4.69) is 33.1 Å². The van der Waals surface area contributed by atoms with Crippen molar-refractivity contribution >= 4 is 23.3 Å². The minimum Gasteiger partial charge on any atom is -0.463 e. The van der Waals surface area contributed by atoms with Crippen LogP contribution < -0.4 is 0 Å². The second kappa shape index (κ2) is 7.81. The van der Waals surface area contributed by atoms with Crippen LogP contribution in [0.2, 0.25) is 31.7 Å². The fourth-order valence-electron chi connectivity index (χ4n) is 1.39. The quantitative estimate of drug-likeness (QED) is 0.291. The van der Waals surface area contributed by atoms with Crippen LogP contribution in [0.4, 0.5) is 0 Å². The van der Waals surface area contributed by atoms with Gasteiger partial charge in [0.2, 0.25) is 0 Å². The van der Waals surface area contributed by atoms with Crippen molar-refractivity contribution in [2.45, 2.75) is 45.1 Å². The van der Waals surface area contributed by atoms with Gasteiger partial charge in [-0.3, -0.25) is 0 Å². The number of hydrogen-bond acceptors (Lipinski definition) is 3. The topological polar surface area (TPSA) is 35.5 Å². The van der Waals surface area contributed by atoms with Crippen LogP contribution in [0.25, 0.3) is 0 Å². The number of carbonyl (C=O) groups is 1. The predicted molar refractivity (Wildman–Crippen MR) is 72.6 cm³/mol. The molecule has 94 valence electrons. The highest BCUT2D eigenvalue weighted by molar-refractivity contribution is 6.77. The predicted octanol–water partition coefficient (Wildman–Crippen LogP) is 2.70. The molecule has 0 saturated carbocycles. The van der Waals surface area contributed by atoms with Crippen LogP contribution in [0.15, 0.2) is 12.7 Å². The van der Waals surface area contributed by atoms with Gasteiger partial charge < -0.3 is 8.85 Å². The summed E-state index contributed by atoms with van der Waals surface area (Å²) in [4.78, 5) is 10.8. The first-order valence-electron chi connectivity index (χ1n) is 5.86. The van der Waals surface area contributed by atoms with Crippen LogP contribution in [0.3, 0.4) is 0 Å². The summed E-state index contributed by atoms with van der Waals surface area (Å²) in [6.45, 7) is 12.7. The van der Waals surface area contributed by atoms with Gasteiger partial charge >= 0.3 is 5.97 Å². The maximum absolute atomic E-state index is 10.8. The van der Waals surface area contributed by atoms with E-state index in [-0.39, 0.29) is 5.97 Å². The summed E-state index contributed by atoms with van der Waals surface area (Å²) in [6, 6.07) is 2.24. The van der Waals surface area contributed by atoms with Crippen molar-refractivity contribution in [2.75, 3.05) is 6.61 Å². The van der Waals surface area contributed by atoms with E-state index < -0.39 is 17.4 Å². The molecule has 1 atom stereocenters. The van der Waals surface area contributed by atoms with E-state index in [1.807, 2.05) is 0 Å². The third-order valence-electron chi connectivity index (χ3n) is 2.06. The summed E-state index contributed by atoms with van der Waals surface area (Å²) in [5.74, 6) is -0.333. The first-order valence-corrected chi connectivity index (χ1v) is 11.4. The molecule has 0 aliphatic rings. The van der Waals surface area contributed by atoms with Gasteiger partial charge in [0.05, 0.1) is 6.61 Å². The highest BCUT2D eigenvalue weighted by atomic mass is 28.4. The Bertz CT molecular complexity index is 224. The van der Waals surface area contributed by atoms with Crippen LogP contribution in [0.5, 0.6) is 0 Å². The Kier molecular flexibility index (Phi) is 7.62. The Morgan fingerprint density at radius 2 is 2.06 bits per heavy atom. The lowest BCUT2D eigenvalue weighted by Gasteiger charge is -2.24. The molecule has 3 nitrogen and oxygen atoms in total. The van der Waals surface area contributed by atoms with Gasteiger partial charge in [-0.15, -0.1) is 0 Å². The van der Waals surface area contributed by atoms with Crippen molar-refractivity contribution in [2.24, 2.45) is 0 Å². The van der Waals surface area contributed by atoms with Crippen LogP contribution in [0, 0.1) is 0 Å². The molecule has 0 aromatic rings. The standard InChI is InChI=1S/C11H24O3Si2/c1-6-11(12)13-9-8-10-15(7-2)14-16(3,4)5/h6,15H,1,7-10H2,2-5H3. The van der Waals surface area contributed by atoms with Gasteiger partial charge in [0.25, 0.3) is 0 Å². The average molecular weight is 260 g/mol. The van der Waals surface area contributed by atoms with Gasteiger partial charge in [-0.05, 0) is 38.2 Å². The molecule has 0 heterocycles.